The molecule has 0 amide bonds. The molecule has 0 aliphatic carbocycles. The normalized spacial score (nSPS) is 11.6. The summed E-state index contributed by atoms with van der Waals surface area (Å²) in [6.45, 7) is 6.94. The van der Waals surface area contributed by atoms with Gasteiger partial charge < -0.3 is 0 Å². The third-order valence-corrected chi connectivity index (χ3v) is 5.86. The molecule has 0 bridgehead atoms. The van der Waals surface area contributed by atoms with Crippen molar-refractivity contribution in [3.05, 3.63) is 11.0 Å². The average molecular weight is 544 g/mol. The zero-order chi connectivity index (χ0) is 11.6. The van der Waals surface area contributed by atoms with Crippen molar-refractivity contribution in [2.45, 2.75) is 32.7 Å². The van der Waals surface area contributed by atoms with E-state index in [4.69, 9.17) is 0 Å². The number of rotatable bonds is 2. The van der Waals surface area contributed by atoms with E-state index in [1.165, 1.54) is 5.17 Å². The van der Waals surface area contributed by atoms with E-state index in [9.17, 15) is 0 Å². The first kappa shape index (κ1) is 14.1. The summed E-state index contributed by atoms with van der Waals surface area (Å²) in [5.41, 5.74) is -0.0368. The van der Waals surface area contributed by atoms with Gasteiger partial charge in [0.25, 0.3) is 0 Å². The summed E-state index contributed by atoms with van der Waals surface area (Å²) in [6, 6.07) is 0. The van der Waals surface area contributed by atoms with Gasteiger partial charge in [-0.3, -0.25) is 0 Å². The van der Waals surface area contributed by atoms with Crippen molar-refractivity contribution < 1.29 is 0 Å². The highest BCUT2D eigenvalue weighted by atomic mass is 127. The third kappa shape index (κ3) is 4.40. The van der Waals surface area contributed by atoms with Crippen LogP contribution in [-0.4, -0.2) is 20.2 Å². The predicted octanol–water partition coefficient (Wildman–Crippen LogP) is 3.44. The summed E-state index contributed by atoms with van der Waals surface area (Å²) in [5, 5.41) is 12.4. The Labute approximate surface area is 130 Å². The predicted molar refractivity (Wildman–Crippen MR) is 85.6 cm³/mol. The molecule has 1 heterocycles. The van der Waals surface area contributed by atoms with Crippen LogP contribution in [0.15, 0.2) is 5.17 Å². The smallest absolute Gasteiger partial charge is 0.159 e. The largest absolute Gasteiger partial charge is 0.180 e. The Morgan fingerprint density at radius 3 is 2.27 bits per heavy atom. The Kier molecular flexibility index (Phi) is 5.21. The highest BCUT2D eigenvalue weighted by molar-refractivity contribution is 14.2. The molecule has 0 atom stereocenters. The first-order chi connectivity index (χ1) is 6.80. The summed E-state index contributed by atoms with van der Waals surface area (Å²) in [7, 11) is 0. The van der Waals surface area contributed by atoms with E-state index in [2.05, 4.69) is 104 Å². The maximum absolute atomic E-state index is 4.35. The van der Waals surface area contributed by atoms with Crippen LogP contribution in [0, 0.1) is 0 Å². The van der Waals surface area contributed by atoms with Gasteiger partial charge in [-0.05, 0) is 73.0 Å². The van der Waals surface area contributed by atoms with Gasteiger partial charge >= 0.3 is 0 Å². The Hall–Kier alpha value is 1.00. The van der Waals surface area contributed by atoms with E-state index < -0.39 is 0 Å². The molecule has 0 aromatic carbocycles. The van der Waals surface area contributed by atoms with Crippen molar-refractivity contribution in [2.24, 2.45) is 0 Å². The average Bonchev–Trinajstić information content (AvgIpc) is 2.51. The fourth-order valence-corrected chi connectivity index (χ4v) is 1.44. The summed E-state index contributed by atoms with van der Waals surface area (Å²) in [6.07, 6.45) is 0. The highest BCUT2D eigenvalue weighted by Gasteiger charge is 2.19. The van der Waals surface area contributed by atoms with E-state index in [1.807, 2.05) is 0 Å². The molecule has 1 aromatic heterocycles. The van der Waals surface area contributed by atoms with Gasteiger partial charge in [-0.25, -0.2) is 0 Å². The van der Waals surface area contributed by atoms with Crippen LogP contribution in [0.3, 0.4) is 0 Å². The van der Waals surface area contributed by atoms with Gasteiger partial charge in [-0.2, -0.15) is 4.80 Å². The van der Waals surface area contributed by atoms with Crippen molar-refractivity contribution in [1.29, 1.82) is 0 Å². The quantitative estimate of drug-likeness (QED) is 0.537. The Bertz CT molecular complexity index is 373. The number of halogens is 3. The zero-order valence-corrected chi connectivity index (χ0v) is 15.1. The van der Waals surface area contributed by atoms with E-state index in [0.29, 0.717) is 6.54 Å². The van der Waals surface area contributed by atoms with Crippen LogP contribution in [-0.2, 0) is 12.0 Å². The van der Waals surface area contributed by atoms with Gasteiger partial charge in [-0.1, -0.05) is 20.8 Å². The Morgan fingerprint density at radius 2 is 1.87 bits per heavy atom. The molecule has 0 aliphatic heterocycles. The molecule has 0 radical (unpaired) electrons. The molecule has 7 heteroatoms. The molecule has 0 saturated carbocycles. The van der Waals surface area contributed by atoms with Crippen LogP contribution in [0.25, 0.3) is 0 Å². The molecular formula is C8H11I3N4. The maximum atomic E-state index is 4.35. The molecule has 0 unspecified atom stereocenters. The van der Waals surface area contributed by atoms with Crippen LogP contribution < -0.4 is 0 Å². The Morgan fingerprint density at radius 1 is 1.27 bits per heavy atom. The number of nitrogens with zero attached hydrogens (tertiary/aromatic N) is 4. The second-order valence-corrected chi connectivity index (χ2v) is 9.58. The second-order valence-electron chi connectivity index (χ2n) is 4.06. The van der Waals surface area contributed by atoms with E-state index >= 15 is 0 Å². The molecule has 4 nitrogen and oxygen atoms in total. The first-order valence-electron chi connectivity index (χ1n) is 4.28. The van der Waals surface area contributed by atoms with Gasteiger partial charge in [-0.15, -0.1) is 10.2 Å². The lowest BCUT2D eigenvalue weighted by Crippen LogP contribution is -2.14. The Balaban J connectivity index is 2.83. The fourth-order valence-electron chi connectivity index (χ4n) is 0.794. The monoisotopic (exact) mass is 544 g/mol. The molecule has 1 rings (SSSR count). The summed E-state index contributed by atoms with van der Waals surface area (Å²) < 4.78 is 2.46. The molecule has 0 N–H and O–H groups in total. The van der Waals surface area contributed by atoms with Crippen LogP contribution >= 0.6 is 67.8 Å². The fraction of sp³-hybridized carbons (Fsp3) is 0.625. The molecule has 0 saturated heterocycles. The highest BCUT2D eigenvalue weighted by Crippen LogP contribution is 2.26. The van der Waals surface area contributed by atoms with Gasteiger partial charge in [0, 0.05) is 8.99 Å². The number of tetrazole rings is 1. The van der Waals surface area contributed by atoms with Crippen molar-refractivity contribution in [2.75, 3.05) is 0 Å². The van der Waals surface area contributed by atoms with Crippen LogP contribution in [0.4, 0.5) is 0 Å². The van der Waals surface area contributed by atoms with Crippen LogP contribution in [0.5, 0.6) is 0 Å². The van der Waals surface area contributed by atoms with Crippen molar-refractivity contribution in [3.8, 4) is 0 Å². The topological polar surface area (TPSA) is 43.6 Å². The number of aromatic nitrogens is 4. The molecular weight excluding hydrogens is 533 g/mol. The van der Waals surface area contributed by atoms with Gasteiger partial charge in [0.1, 0.15) is 0 Å². The van der Waals surface area contributed by atoms with E-state index in [1.54, 1.807) is 4.80 Å². The molecule has 1 aromatic rings. The van der Waals surface area contributed by atoms with Gasteiger partial charge in [0.05, 0.1) is 8.13 Å². The van der Waals surface area contributed by atoms with Crippen LogP contribution in [0.2, 0.25) is 0 Å². The maximum Gasteiger partial charge on any atom is 0.180 e. The SMILES string of the molecule is CC(C)(C)c1nnn(CC(I)=C(I)I)n1. The number of allylic oxidation sites excluding steroid dienone is 1. The minimum absolute atomic E-state index is 0.0368. The van der Waals surface area contributed by atoms with Gasteiger partial charge in [0.2, 0.25) is 0 Å². The minimum atomic E-state index is -0.0368. The molecule has 84 valence electrons. The molecule has 0 aliphatic rings. The number of hydrogen-bond donors (Lipinski definition) is 0. The first-order valence-corrected chi connectivity index (χ1v) is 7.52. The lowest BCUT2D eigenvalue weighted by Gasteiger charge is -2.11. The van der Waals surface area contributed by atoms with E-state index in [0.717, 1.165) is 5.82 Å². The number of hydrogen-bond acceptors (Lipinski definition) is 3. The van der Waals surface area contributed by atoms with Crippen molar-refractivity contribution >= 4 is 67.8 Å². The summed E-state index contributed by atoms with van der Waals surface area (Å²) in [4.78, 5) is 1.64. The minimum Gasteiger partial charge on any atom is -0.159 e. The van der Waals surface area contributed by atoms with Crippen molar-refractivity contribution in [3.63, 3.8) is 0 Å². The summed E-state index contributed by atoms with van der Waals surface area (Å²) >= 11 is 6.88. The molecule has 0 spiro atoms. The van der Waals surface area contributed by atoms with Crippen molar-refractivity contribution in [1.82, 2.24) is 20.2 Å². The van der Waals surface area contributed by atoms with Gasteiger partial charge in [0.15, 0.2) is 5.82 Å². The molecule has 0 fully saturated rings. The van der Waals surface area contributed by atoms with E-state index in [-0.39, 0.29) is 5.41 Å². The summed E-state index contributed by atoms with van der Waals surface area (Å²) in [5.74, 6) is 0.787. The lowest BCUT2D eigenvalue weighted by atomic mass is 9.96. The van der Waals surface area contributed by atoms with Crippen LogP contribution in [0.1, 0.15) is 26.6 Å². The lowest BCUT2D eigenvalue weighted by molar-refractivity contribution is 0.530. The standard InChI is InChI=1S/C8H11I3N4/c1-8(2,3)7-12-14-15(13-7)4-5(9)6(10)11/h4H2,1-3H3. The zero-order valence-electron chi connectivity index (χ0n) is 8.63. The molecule has 15 heavy (non-hydrogen) atoms. The second kappa shape index (κ2) is 5.56. The third-order valence-electron chi connectivity index (χ3n) is 1.61.